The highest BCUT2D eigenvalue weighted by molar-refractivity contribution is 5.96. The number of hydrogen-bond donors (Lipinski definition) is 1. The summed E-state index contributed by atoms with van der Waals surface area (Å²) in [5.74, 6) is -0.495. The van der Waals surface area contributed by atoms with Gasteiger partial charge in [-0.05, 0) is 36.9 Å². The molecule has 0 aliphatic carbocycles. The van der Waals surface area contributed by atoms with E-state index < -0.39 is 5.97 Å². The summed E-state index contributed by atoms with van der Waals surface area (Å²) in [7, 11) is 0. The summed E-state index contributed by atoms with van der Waals surface area (Å²) in [6.07, 6.45) is 1.34. The lowest BCUT2D eigenvalue weighted by atomic mass is 10.1. The Morgan fingerprint density at radius 2 is 1.95 bits per heavy atom. The smallest absolute Gasteiger partial charge is 0.346 e. The van der Waals surface area contributed by atoms with Gasteiger partial charge in [-0.3, -0.25) is 0 Å². The van der Waals surface area contributed by atoms with Gasteiger partial charge in [-0.1, -0.05) is 26.0 Å². The van der Waals surface area contributed by atoms with Gasteiger partial charge < -0.3 is 14.7 Å². The van der Waals surface area contributed by atoms with Crippen LogP contribution in [0.2, 0.25) is 0 Å². The van der Waals surface area contributed by atoms with Crippen LogP contribution in [0.15, 0.2) is 29.8 Å². The zero-order valence-corrected chi connectivity index (χ0v) is 12.4. The number of likely N-dealkylation sites (N-methyl/N-ethyl adjacent to an activating group) is 1. The third-order valence-corrected chi connectivity index (χ3v) is 3.11. The summed E-state index contributed by atoms with van der Waals surface area (Å²) in [5.41, 5.74) is 0.371. The average Bonchev–Trinajstić information content (AvgIpc) is 2.50. The number of benzene rings is 1. The maximum Gasteiger partial charge on any atom is 0.346 e. The van der Waals surface area contributed by atoms with Gasteiger partial charge in [-0.25, -0.2) is 4.79 Å². The lowest BCUT2D eigenvalue weighted by Crippen LogP contribution is -2.27. The second-order valence-electron chi connectivity index (χ2n) is 4.42. The van der Waals surface area contributed by atoms with Crippen molar-refractivity contribution in [3.63, 3.8) is 0 Å². The van der Waals surface area contributed by atoms with Gasteiger partial charge in [-0.15, -0.1) is 0 Å². The third-order valence-electron chi connectivity index (χ3n) is 3.11. The highest BCUT2D eigenvalue weighted by Crippen LogP contribution is 2.14. The van der Waals surface area contributed by atoms with E-state index in [2.05, 4.69) is 18.7 Å². The Kier molecular flexibility index (Phi) is 6.99. The topological polar surface area (TPSA) is 73.6 Å². The molecule has 0 bridgehead atoms. The molecule has 0 atom stereocenters. The van der Waals surface area contributed by atoms with Gasteiger partial charge in [0.15, 0.2) is 0 Å². The molecule has 0 heterocycles. The Morgan fingerprint density at radius 3 is 2.43 bits per heavy atom. The largest absolute Gasteiger partial charge is 0.492 e. The lowest BCUT2D eigenvalue weighted by molar-refractivity contribution is -0.132. The molecule has 0 amide bonds. The normalized spacial score (nSPS) is 11.2. The molecule has 0 aliphatic rings. The monoisotopic (exact) mass is 288 g/mol. The fourth-order valence-corrected chi connectivity index (χ4v) is 1.80. The van der Waals surface area contributed by atoms with Gasteiger partial charge in [0.2, 0.25) is 0 Å². The number of nitriles is 1. The summed E-state index contributed by atoms with van der Waals surface area (Å²) in [4.78, 5) is 13.0. The predicted molar refractivity (Wildman–Crippen MR) is 81.0 cm³/mol. The molecule has 0 spiro atoms. The van der Waals surface area contributed by atoms with Gasteiger partial charge in [0.25, 0.3) is 0 Å². The standard InChI is InChI=1S/C16H20N2O3/c1-3-18(4-2)9-10-21-15-7-5-13(6-8-15)11-14(12-17)16(19)20/h5-8,11H,3-4,9-10H2,1-2H3,(H,19,20). The molecule has 21 heavy (non-hydrogen) atoms. The van der Waals surface area contributed by atoms with E-state index in [0.29, 0.717) is 12.2 Å². The van der Waals surface area contributed by atoms with Crippen molar-refractivity contribution in [2.45, 2.75) is 13.8 Å². The first-order valence-electron chi connectivity index (χ1n) is 6.91. The Bertz CT molecular complexity index is 525. The second kappa shape index (κ2) is 8.77. The number of carbonyl (C=O) groups is 1. The zero-order valence-electron chi connectivity index (χ0n) is 12.4. The van der Waals surface area contributed by atoms with E-state index in [4.69, 9.17) is 15.1 Å². The summed E-state index contributed by atoms with van der Waals surface area (Å²) in [5, 5.41) is 17.5. The molecule has 0 aliphatic heterocycles. The van der Waals surface area contributed by atoms with Crippen molar-refractivity contribution >= 4 is 12.0 Å². The summed E-state index contributed by atoms with van der Waals surface area (Å²) < 4.78 is 5.63. The first-order valence-corrected chi connectivity index (χ1v) is 6.91. The van der Waals surface area contributed by atoms with E-state index in [0.717, 1.165) is 25.4 Å². The molecule has 0 saturated carbocycles. The minimum absolute atomic E-state index is 0.287. The van der Waals surface area contributed by atoms with Crippen LogP contribution in [0.5, 0.6) is 5.75 Å². The summed E-state index contributed by atoms with van der Waals surface area (Å²) >= 11 is 0. The van der Waals surface area contributed by atoms with Crippen molar-refractivity contribution < 1.29 is 14.6 Å². The molecule has 5 nitrogen and oxygen atoms in total. The molecule has 1 rings (SSSR count). The minimum Gasteiger partial charge on any atom is -0.492 e. The second-order valence-corrected chi connectivity index (χ2v) is 4.42. The number of nitrogens with zero attached hydrogens (tertiary/aromatic N) is 2. The number of hydrogen-bond acceptors (Lipinski definition) is 4. The van der Waals surface area contributed by atoms with Crippen LogP contribution in [0.1, 0.15) is 19.4 Å². The van der Waals surface area contributed by atoms with E-state index >= 15 is 0 Å². The SMILES string of the molecule is CCN(CC)CCOc1ccc(C=C(C#N)C(=O)O)cc1. The van der Waals surface area contributed by atoms with Crippen LogP contribution in [0.4, 0.5) is 0 Å². The van der Waals surface area contributed by atoms with E-state index in [9.17, 15) is 4.79 Å². The molecular formula is C16H20N2O3. The van der Waals surface area contributed by atoms with Crippen LogP contribution in [0.3, 0.4) is 0 Å². The van der Waals surface area contributed by atoms with Crippen molar-refractivity contribution in [3.8, 4) is 11.8 Å². The van der Waals surface area contributed by atoms with Gasteiger partial charge in [0.05, 0.1) is 0 Å². The fraction of sp³-hybridized carbons (Fsp3) is 0.375. The molecule has 0 unspecified atom stereocenters. The maximum absolute atomic E-state index is 10.7. The van der Waals surface area contributed by atoms with E-state index in [1.807, 2.05) is 0 Å². The number of ether oxygens (including phenoxy) is 1. The summed E-state index contributed by atoms with van der Waals surface area (Å²) in [6, 6.07) is 8.64. The van der Waals surface area contributed by atoms with Crippen LogP contribution >= 0.6 is 0 Å². The average molecular weight is 288 g/mol. The van der Waals surface area contributed by atoms with Crippen LogP contribution < -0.4 is 4.74 Å². The van der Waals surface area contributed by atoms with Gasteiger partial charge in [0.1, 0.15) is 24.0 Å². The molecule has 0 radical (unpaired) electrons. The van der Waals surface area contributed by atoms with Crippen molar-refractivity contribution in [3.05, 3.63) is 35.4 Å². The first kappa shape index (κ1) is 16.7. The molecule has 0 aromatic heterocycles. The Hall–Kier alpha value is -2.32. The molecule has 1 aromatic carbocycles. The molecule has 1 N–H and O–H groups in total. The Labute approximate surface area is 125 Å². The first-order chi connectivity index (χ1) is 10.1. The highest BCUT2D eigenvalue weighted by atomic mass is 16.5. The Morgan fingerprint density at radius 1 is 1.33 bits per heavy atom. The zero-order chi connectivity index (χ0) is 15.7. The number of carboxylic acids is 1. The lowest BCUT2D eigenvalue weighted by Gasteiger charge is -2.17. The third kappa shape index (κ3) is 5.67. The quantitative estimate of drug-likeness (QED) is 0.587. The van der Waals surface area contributed by atoms with Gasteiger partial charge in [-0.2, -0.15) is 5.26 Å². The van der Waals surface area contributed by atoms with E-state index in [1.165, 1.54) is 6.08 Å². The van der Waals surface area contributed by atoms with Gasteiger partial charge >= 0.3 is 5.97 Å². The van der Waals surface area contributed by atoms with Crippen LogP contribution in [0.25, 0.3) is 6.08 Å². The molecule has 0 fully saturated rings. The predicted octanol–water partition coefficient (Wildman–Crippen LogP) is 2.40. The van der Waals surface area contributed by atoms with Crippen LogP contribution in [-0.4, -0.2) is 42.2 Å². The number of carboxylic acid groups (broad SMARTS) is 1. The van der Waals surface area contributed by atoms with Crippen molar-refractivity contribution in [2.24, 2.45) is 0 Å². The molecular weight excluding hydrogens is 268 g/mol. The van der Waals surface area contributed by atoms with E-state index in [-0.39, 0.29) is 5.57 Å². The summed E-state index contributed by atoms with van der Waals surface area (Å²) in [6.45, 7) is 7.69. The van der Waals surface area contributed by atoms with Crippen LogP contribution in [-0.2, 0) is 4.79 Å². The van der Waals surface area contributed by atoms with Crippen molar-refractivity contribution in [2.75, 3.05) is 26.2 Å². The maximum atomic E-state index is 10.7. The highest BCUT2D eigenvalue weighted by Gasteiger charge is 2.05. The molecule has 5 heteroatoms. The fourth-order valence-electron chi connectivity index (χ4n) is 1.80. The van der Waals surface area contributed by atoms with Crippen molar-refractivity contribution in [1.29, 1.82) is 5.26 Å². The van der Waals surface area contributed by atoms with Crippen molar-refractivity contribution in [1.82, 2.24) is 4.90 Å². The number of rotatable bonds is 8. The van der Waals surface area contributed by atoms with E-state index in [1.54, 1.807) is 30.3 Å². The minimum atomic E-state index is -1.22. The number of aliphatic carboxylic acids is 1. The molecule has 0 saturated heterocycles. The molecule has 112 valence electrons. The van der Waals surface area contributed by atoms with Crippen LogP contribution in [0, 0.1) is 11.3 Å². The Balaban J connectivity index is 2.59. The van der Waals surface area contributed by atoms with Gasteiger partial charge in [0, 0.05) is 6.54 Å². The molecule has 1 aromatic rings.